The molecule has 1 unspecified atom stereocenters. The van der Waals surface area contributed by atoms with Crippen LogP contribution < -0.4 is 5.32 Å². The van der Waals surface area contributed by atoms with E-state index in [2.05, 4.69) is 31.3 Å². The Labute approximate surface area is 86.0 Å². The zero-order valence-corrected chi connectivity index (χ0v) is 8.96. The molecule has 0 bridgehead atoms. The van der Waals surface area contributed by atoms with Crippen LogP contribution >= 0.6 is 0 Å². The lowest BCUT2D eigenvalue weighted by molar-refractivity contribution is 0.223. The summed E-state index contributed by atoms with van der Waals surface area (Å²) in [6, 6.07) is 10.3. The number of aliphatic hydroxyl groups is 1. The predicted molar refractivity (Wildman–Crippen MR) is 59.2 cm³/mol. The first kappa shape index (κ1) is 11.2. The topological polar surface area (TPSA) is 32.3 Å². The lowest BCUT2D eigenvalue weighted by atomic mass is 9.89. The molecule has 0 aliphatic rings. The van der Waals surface area contributed by atoms with Crippen LogP contribution in [0.2, 0.25) is 0 Å². The lowest BCUT2D eigenvalue weighted by Crippen LogP contribution is -2.40. The van der Waals surface area contributed by atoms with Crippen LogP contribution in [0.25, 0.3) is 0 Å². The molecule has 1 atom stereocenters. The van der Waals surface area contributed by atoms with Crippen molar-refractivity contribution >= 4 is 0 Å². The number of nitrogens with one attached hydrogen (secondary N) is 1. The number of rotatable bonds is 5. The molecule has 1 aromatic carbocycles. The van der Waals surface area contributed by atoms with E-state index in [9.17, 15) is 0 Å². The molecule has 0 spiro atoms. The van der Waals surface area contributed by atoms with Gasteiger partial charge in [0.25, 0.3) is 0 Å². The van der Waals surface area contributed by atoms with Gasteiger partial charge in [-0.1, -0.05) is 37.3 Å². The maximum absolute atomic E-state index is 9.05. The van der Waals surface area contributed by atoms with E-state index in [0.29, 0.717) is 0 Å². The molecule has 14 heavy (non-hydrogen) atoms. The van der Waals surface area contributed by atoms with Crippen LogP contribution in [0.3, 0.4) is 0 Å². The zero-order valence-electron chi connectivity index (χ0n) is 8.96. The van der Waals surface area contributed by atoms with E-state index in [-0.39, 0.29) is 12.1 Å². The summed E-state index contributed by atoms with van der Waals surface area (Å²) < 4.78 is 0. The van der Waals surface area contributed by atoms with E-state index in [4.69, 9.17) is 5.11 Å². The summed E-state index contributed by atoms with van der Waals surface area (Å²) >= 11 is 0. The van der Waals surface area contributed by atoms with Crippen LogP contribution in [-0.2, 0) is 5.54 Å². The molecule has 1 rings (SSSR count). The summed E-state index contributed by atoms with van der Waals surface area (Å²) in [6.45, 7) is 5.32. The molecular weight excluding hydrogens is 174 g/mol. The summed E-state index contributed by atoms with van der Waals surface area (Å²) in [5.41, 5.74) is 1.13. The Bertz CT molecular complexity index is 252. The maximum Gasteiger partial charge on any atom is 0.0451 e. The molecule has 0 aliphatic carbocycles. The third-order valence-corrected chi connectivity index (χ3v) is 2.59. The molecule has 0 saturated heterocycles. The van der Waals surface area contributed by atoms with E-state index < -0.39 is 0 Å². The monoisotopic (exact) mass is 193 g/mol. The first-order valence-electron chi connectivity index (χ1n) is 5.14. The van der Waals surface area contributed by atoms with Gasteiger partial charge in [-0.3, -0.25) is 0 Å². The van der Waals surface area contributed by atoms with Crippen molar-refractivity contribution in [3.8, 4) is 0 Å². The highest BCUT2D eigenvalue weighted by atomic mass is 16.3. The number of hydrogen-bond donors (Lipinski definition) is 2. The van der Waals surface area contributed by atoms with Gasteiger partial charge in [0, 0.05) is 12.1 Å². The molecule has 2 nitrogen and oxygen atoms in total. The summed E-state index contributed by atoms with van der Waals surface area (Å²) in [6.07, 6.45) is 0.741. The fourth-order valence-electron chi connectivity index (χ4n) is 1.75. The van der Waals surface area contributed by atoms with Crippen molar-refractivity contribution in [3.63, 3.8) is 0 Å². The Balaban J connectivity index is 2.87. The molecule has 1 aromatic rings. The molecule has 0 amide bonds. The molecule has 0 heterocycles. The van der Waals surface area contributed by atoms with Crippen LogP contribution in [0.4, 0.5) is 0 Å². The molecular formula is C12H19NO. The number of hydrogen-bond acceptors (Lipinski definition) is 2. The summed E-state index contributed by atoms with van der Waals surface area (Å²) in [5, 5.41) is 12.5. The second kappa shape index (κ2) is 5.13. The van der Waals surface area contributed by atoms with Crippen molar-refractivity contribution in [2.75, 3.05) is 13.2 Å². The van der Waals surface area contributed by atoms with E-state index in [1.165, 1.54) is 5.56 Å². The molecule has 0 aliphatic heterocycles. The molecule has 0 saturated carbocycles. The normalized spacial score (nSPS) is 15.1. The van der Waals surface area contributed by atoms with E-state index in [1.807, 2.05) is 18.2 Å². The average Bonchev–Trinajstić information content (AvgIpc) is 2.20. The summed E-state index contributed by atoms with van der Waals surface area (Å²) in [4.78, 5) is 0. The van der Waals surface area contributed by atoms with E-state index in [0.717, 1.165) is 13.0 Å². The average molecular weight is 193 g/mol. The minimum Gasteiger partial charge on any atom is -0.396 e. The highest BCUT2D eigenvalue weighted by Crippen LogP contribution is 2.23. The minimum atomic E-state index is -0.106. The second-order valence-corrected chi connectivity index (χ2v) is 3.70. The first-order chi connectivity index (χ1) is 6.73. The molecule has 2 N–H and O–H groups in total. The van der Waals surface area contributed by atoms with Crippen LogP contribution in [0, 0.1) is 0 Å². The quantitative estimate of drug-likeness (QED) is 0.748. The fraction of sp³-hybridized carbons (Fsp3) is 0.500. The van der Waals surface area contributed by atoms with Gasteiger partial charge in [-0.05, 0) is 25.5 Å². The van der Waals surface area contributed by atoms with Crippen molar-refractivity contribution in [3.05, 3.63) is 35.9 Å². The van der Waals surface area contributed by atoms with Gasteiger partial charge in [-0.25, -0.2) is 0 Å². The van der Waals surface area contributed by atoms with Gasteiger partial charge in [-0.2, -0.15) is 0 Å². The molecule has 0 radical (unpaired) electrons. The van der Waals surface area contributed by atoms with Gasteiger partial charge in [0.05, 0.1) is 0 Å². The third kappa shape index (κ3) is 2.56. The predicted octanol–water partition coefficient (Wildman–Crippen LogP) is 1.89. The summed E-state index contributed by atoms with van der Waals surface area (Å²) in [5.74, 6) is 0. The number of aliphatic hydroxyl groups excluding tert-OH is 1. The molecule has 0 fully saturated rings. The van der Waals surface area contributed by atoms with Gasteiger partial charge in [-0.15, -0.1) is 0 Å². The first-order valence-corrected chi connectivity index (χ1v) is 5.14. The van der Waals surface area contributed by atoms with Crippen LogP contribution in [0.5, 0.6) is 0 Å². The van der Waals surface area contributed by atoms with Crippen molar-refractivity contribution < 1.29 is 5.11 Å². The molecule has 0 aromatic heterocycles. The van der Waals surface area contributed by atoms with E-state index in [1.54, 1.807) is 0 Å². The Morgan fingerprint density at radius 3 is 2.43 bits per heavy atom. The Hall–Kier alpha value is -0.860. The van der Waals surface area contributed by atoms with Gasteiger partial charge in [0.2, 0.25) is 0 Å². The van der Waals surface area contributed by atoms with Crippen molar-refractivity contribution in [2.24, 2.45) is 0 Å². The summed E-state index contributed by atoms with van der Waals surface area (Å²) in [7, 11) is 0. The second-order valence-electron chi connectivity index (χ2n) is 3.70. The smallest absolute Gasteiger partial charge is 0.0451 e. The number of benzene rings is 1. The Morgan fingerprint density at radius 1 is 1.29 bits per heavy atom. The van der Waals surface area contributed by atoms with Gasteiger partial charge in [0.15, 0.2) is 0 Å². The highest BCUT2D eigenvalue weighted by Gasteiger charge is 2.23. The zero-order chi connectivity index (χ0) is 10.4. The van der Waals surface area contributed by atoms with Crippen molar-refractivity contribution in [1.82, 2.24) is 5.32 Å². The van der Waals surface area contributed by atoms with Crippen LogP contribution in [0.15, 0.2) is 30.3 Å². The standard InChI is InChI=1S/C12H19NO/c1-3-13-12(2,9-10-14)11-7-5-4-6-8-11/h4-8,13-14H,3,9-10H2,1-2H3. The Morgan fingerprint density at radius 2 is 1.93 bits per heavy atom. The SMILES string of the molecule is CCNC(C)(CCO)c1ccccc1. The lowest BCUT2D eigenvalue weighted by Gasteiger charge is -2.30. The van der Waals surface area contributed by atoms with Crippen LogP contribution in [-0.4, -0.2) is 18.3 Å². The van der Waals surface area contributed by atoms with Crippen molar-refractivity contribution in [1.29, 1.82) is 0 Å². The van der Waals surface area contributed by atoms with Crippen molar-refractivity contribution in [2.45, 2.75) is 25.8 Å². The largest absolute Gasteiger partial charge is 0.396 e. The van der Waals surface area contributed by atoms with Gasteiger partial charge < -0.3 is 10.4 Å². The van der Waals surface area contributed by atoms with E-state index >= 15 is 0 Å². The maximum atomic E-state index is 9.05. The van der Waals surface area contributed by atoms with Gasteiger partial charge >= 0.3 is 0 Å². The molecule has 2 heteroatoms. The van der Waals surface area contributed by atoms with Gasteiger partial charge in [0.1, 0.15) is 0 Å². The fourth-order valence-corrected chi connectivity index (χ4v) is 1.75. The Kier molecular flexibility index (Phi) is 4.11. The highest BCUT2D eigenvalue weighted by molar-refractivity contribution is 5.23. The minimum absolute atomic E-state index is 0.106. The third-order valence-electron chi connectivity index (χ3n) is 2.59. The molecule has 78 valence electrons. The van der Waals surface area contributed by atoms with Crippen LogP contribution in [0.1, 0.15) is 25.8 Å².